The van der Waals surface area contributed by atoms with Gasteiger partial charge >= 0.3 is 0 Å². The van der Waals surface area contributed by atoms with Gasteiger partial charge in [-0.1, -0.05) is 22.0 Å². The monoisotopic (exact) mass is 245 g/mol. The Hall–Kier alpha value is 0.01000. The van der Waals surface area contributed by atoms with Crippen LogP contribution in [0.3, 0.4) is 0 Å². The fourth-order valence-corrected chi connectivity index (χ4v) is 2.03. The first-order valence-electron chi connectivity index (χ1n) is 3.78. The fraction of sp³-hybridized carbons (Fsp3) is 0.333. The van der Waals surface area contributed by atoms with E-state index in [1.54, 1.807) is 0 Å². The van der Waals surface area contributed by atoms with Crippen molar-refractivity contribution < 1.29 is 0 Å². The van der Waals surface area contributed by atoms with Gasteiger partial charge in [0.05, 0.1) is 0 Å². The predicted molar refractivity (Wildman–Crippen MR) is 59.9 cm³/mol. The third kappa shape index (κ3) is 1.84. The lowest BCUT2D eigenvalue weighted by atomic mass is 10.1. The van der Waals surface area contributed by atoms with E-state index >= 15 is 0 Å². The minimum Gasteiger partial charge on any atom is -0.327 e. The Morgan fingerprint density at radius 3 is 2.67 bits per heavy atom. The van der Waals surface area contributed by atoms with Crippen LogP contribution in [-0.2, 0) is 12.8 Å². The zero-order valence-corrected chi connectivity index (χ0v) is 9.26. The highest BCUT2D eigenvalue weighted by molar-refractivity contribution is 9.10. The van der Waals surface area contributed by atoms with Gasteiger partial charge in [-0.3, -0.25) is 0 Å². The number of fused-ring (bicyclic) bond motifs is 1. The van der Waals surface area contributed by atoms with Crippen molar-refractivity contribution >= 4 is 29.4 Å². The van der Waals surface area contributed by atoms with Gasteiger partial charge in [-0.15, -0.1) is 0 Å². The molecule has 0 spiro atoms. The van der Waals surface area contributed by atoms with E-state index in [1.807, 2.05) is 0 Å². The lowest BCUT2D eigenvalue weighted by Gasteiger charge is -1.96. The molecule has 3 heteroatoms. The number of hydrogen-bond donors (Lipinski definition) is 1. The van der Waals surface area contributed by atoms with Gasteiger partial charge in [0, 0.05) is 10.5 Å². The van der Waals surface area contributed by atoms with Gasteiger partial charge in [0.2, 0.25) is 0 Å². The summed E-state index contributed by atoms with van der Waals surface area (Å²) in [6.45, 7) is 0. The molecular weight excluding hydrogens is 234 g/mol. The van der Waals surface area contributed by atoms with Crippen molar-refractivity contribution in [2.24, 2.45) is 5.73 Å². The minimum atomic E-state index is 0. The average molecular weight is 246 g/mol. The average Bonchev–Trinajstić information content (AvgIpc) is 2.27. The molecule has 0 saturated heterocycles. The maximum absolute atomic E-state index is 5.82. The van der Waals surface area contributed by atoms with Crippen molar-refractivity contribution in [2.75, 3.05) is 0 Å². The number of benzene rings is 1. The summed E-state index contributed by atoms with van der Waals surface area (Å²) < 4.78 is 1.16. The zero-order valence-electron chi connectivity index (χ0n) is 6.68. The molecule has 0 radical (unpaired) electrons. The summed E-state index contributed by atoms with van der Waals surface area (Å²) >= 11 is 3.44. The molecule has 2 rings (SSSR count). The van der Waals surface area contributed by atoms with Crippen molar-refractivity contribution in [1.82, 2.24) is 0 Å². The zero-order chi connectivity index (χ0) is 7.84. The first-order chi connectivity index (χ1) is 5.25. The molecule has 1 aliphatic rings. The van der Waals surface area contributed by atoms with Crippen LogP contribution in [0, 0.1) is 0 Å². The number of hydrogen-bond acceptors (Lipinski definition) is 1. The normalized spacial score (nSPS) is 20.0. The smallest absolute Gasteiger partial charge is 0.0178 e. The Morgan fingerprint density at radius 1 is 1.25 bits per heavy atom. The van der Waals surface area contributed by atoms with Crippen LogP contribution in [0.25, 0.3) is 0 Å². The molecule has 0 unspecified atom stereocenters. The first kappa shape index (κ1) is 10.1. The van der Waals surface area contributed by atoms with Gasteiger partial charge in [-0.05, 0) is 36.1 Å². The van der Waals surface area contributed by atoms with E-state index in [-0.39, 0.29) is 13.5 Å². The highest BCUT2D eigenvalue weighted by Gasteiger charge is 2.17. The number of rotatable bonds is 0. The van der Waals surface area contributed by atoms with Crippen molar-refractivity contribution in [3.63, 3.8) is 0 Å². The molecule has 0 aliphatic heterocycles. The number of nitrogens with two attached hydrogens (primary N) is 1. The molecular formula is C9H12BrNS. The standard InChI is InChI=1S/C9H10BrN.H2S/c10-8-2-1-6-4-9(11)5-7(6)3-8;/h1-3,9H,4-5,11H2;1H2/t9-;/m0./s1. The summed E-state index contributed by atoms with van der Waals surface area (Å²) in [6, 6.07) is 6.75. The van der Waals surface area contributed by atoms with Crippen LogP contribution in [-0.4, -0.2) is 6.04 Å². The molecule has 1 aliphatic carbocycles. The topological polar surface area (TPSA) is 26.0 Å². The highest BCUT2D eigenvalue weighted by Crippen LogP contribution is 2.24. The van der Waals surface area contributed by atoms with Gasteiger partial charge in [-0.25, -0.2) is 0 Å². The van der Waals surface area contributed by atoms with E-state index in [1.165, 1.54) is 11.1 Å². The molecule has 0 saturated carbocycles. The molecule has 0 fully saturated rings. The van der Waals surface area contributed by atoms with Gasteiger partial charge < -0.3 is 5.73 Å². The summed E-state index contributed by atoms with van der Waals surface area (Å²) in [5.74, 6) is 0. The molecule has 1 atom stereocenters. The van der Waals surface area contributed by atoms with Crippen molar-refractivity contribution in [3.05, 3.63) is 33.8 Å². The Kier molecular flexibility index (Phi) is 3.21. The molecule has 0 heterocycles. The molecule has 66 valence electrons. The van der Waals surface area contributed by atoms with Gasteiger partial charge in [-0.2, -0.15) is 13.5 Å². The lowest BCUT2D eigenvalue weighted by molar-refractivity contribution is 0.721. The Balaban J connectivity index is 0.000000720. The van der Waals surface area contributed by atoms with Crippen LogP contribution in [0.5, 0.6) is 0 Å². The van der Waals surface area contributed by atoms with Crippen molar-refractivity contribution in [2.45, 2.75) is 18.9 Å². The Morgan fingerprint density at radius 2 is 1.92 bits per heavy atom. The van der Waals surface area contributed by atoms with Gasteiger partial charge in [0.1, 0.15) is 0 Å². The fourth-order valence-electron chi connectivity index (χ4n) is 1.62. The summed E-state index contributed by atoms with van der Waals surface area (Å²) in [5, 5.41) is 0. The third-order valence-electron chi connectivity index (χ3n) is 2.13. The summed E-state index contributed by atoms with van der Waals surface area (Å²) in [4.78, 5) is 0. The quantitative estimate of drug-likeness (QED) is 0.744. The van der Waals surface area contributed by atoms with Crippen LogP contribution in [0.15, 0.2) is 22.7 Å². The van der Waals surface area contributed by atoms with Crippen LogP contribution in [0.2, 0.25) is 0 Å². The van der Waals surface area contributed by atoms with Crippen LogP contribution in [0.1, 0.15) is 11.1 Å². The van der Waals surface area contributed by atoms with E-state index < -0.39 is 0 Å². The lowest BCUT2D eigenvalue weighted by Crippen LogP contribution is -2.18. The van der Waals surface area contributed by atoms with E-state index in [2.05, 4.69) is 34.1 Å². The van der Waals surface area contributed by atoms with Crippen LogP contribution < -0.4 is 5.73 Å². The second-order valence-electron chi connectivity index (χ2n) is 3.08. The van der Waals surface area contributed by atoms with E-state index in [0.717, 1.165) is 17.3 Å². The molecule has 1 nitrogen and oxygen atoms in total. The molecule has 12 heavy (non-hydrogen) atoms. The molecule has 1 aromatic rings. The summed E-state index contributed by atoms with van der Waals surface area (Å²) in [7, 11) is 0. The van der Waals surface area contributed by atoms with Gasteiger partial charge in [0.15, 0.2) is 0 Å². The molecule has 2 N–H and O–H groups in total. The van der Waals surface area contributed by atoms with E-state index in [4.69, 9.17) is 5.73 Å². The number of halogens is 1. The second kappa shape index (κ2) is 3.81. The second-order valence-corrected chi connectivity index (χ2v) is 4.00. The third-order valence-corrected chi connectivity index (χ3v) is 2.63. The van der Waals surface area contributed by atoms with Gasteiger partial charge in [0.25, 0.3) is 0 Å². The maximum atomic E-state index is 5.82. The Labute approximate surface area is 87.9 Å². The molecule has 0 bridgehead atoms. The van der Waals surface area contributed by atoms with E-state index in [9.17, 15) is 0 Å². The summed E-state index contributed by atoms with van der Waals surface area (Å²) in [5.41, 5.74) is 8.65. The summed E-state index contributed by atoms with van der Waals surface area (Å²) in [6.07, 6.45) is 2.08. The SMILES string of the molecule is N[C@H]1Cc2ccc(Br)cc2C1.S. The van der Waals surface area contributed by atoms with Crippen molar-refractivity contribution in [1.29, 1.82) is 0 Å². The Bertz CT molecular complexity index is 288. The minimum absolute atomic E-state index is 0. The first-order valence-corrected chi connectivity index (χ1v) is 4.58. The largest absolute Gasteiger partial charge is 0.327 e. The van der Waals surface area contributed by atoms with Crippen molar-refractivity contribution in [3.8, 4) is 0 Å². The van der Waals surface area contributed by atoms with Crippen LogP contribution >= 0.6 is 29.4 Å². The maximum Gasteiger partial charge on any atom is 0.0178 e. The van der Waals surface area contributed by atoms with Crippen LogP contribution in [0.4, 0.5) is 0 Å². The molecule has 0 aromatic heterocycles. The molecule has 0 amide bonds. The highest BCUT2D eigenvalue weighted by atomic mass is 79.9. The van der Waals surface area contributed by atoms with E-state index in [0.29, 0.717) is 6.04 Å². The molecule has 1 aromatic carbocycles. The predicted octanol–water partition coefficient (Wildman–Crippen LogP) is 1.99.